The number of hydrogen-bond acceptors (Lipinski definition) is 5. The molecule has 0 saturated heterocycles. The van der Waals surface area contributed by atoms with Crippen molar-refractivity contribution in [2.45, 2.75) is 18.5 Å². The summed E-state index contributed by atoms with van der Waals surface area (Å²) >= 11 is 1.44. The highest BCUT2D eigenvalue weighted by atomic mass is 32.2. The summed E-state index contributed by atoms with van der Waals surface area (Å²) in [5.74, 6) is 0.623. The van der Waals surface area contributed by atoms with Crippen molar-refractivity contribution in [2.75, 3.05) is 12.4 Å². The van der Waals surface area contributed by atoms with E-state index in [0.717, 1.165) is 5.56 Å². The van der Waals surface area contributed by atoms with Gasteiger partial charge in [0.2, 0.25) is 11.8 Å². The molecule has 1 aromatic heterocycles. The number of nitrogens with zero attached hydrogens (tertiary/aromatic N) is 2. The number of nitriles is 1. The first-order chi connectivity index (χ1) is 12.9. The maximum Gasteiger partial charge on any atom is 0.422 e. The average Bonchev–Trinajstić information content (AvgIpc) is 2.65. The molecular weight excluding hydrogens is 379 g/mol. The lowest BCUT2D eigenvalue weighted by Gasteiger charge is -2.09. The lowest BCUT2D eigenvalue weighted by atomic mass is 10.2. The van der Waals surface area contributed by atoms with Crippen LogP contribution in [-0.2, 0) is 17.1 Å². The van der Waals surface area contributed by atoms with Crippen molar-refractivity contribution in [3.8, 4) is 11.9 Å². The molecule has 9 heteroatoms. The number of pyridine rings is 1. The van der Waals surface area contributed by atoms with Gasteiger partial charge >= 0.3 is 6.18 Å². The third-order valence-corrected chi connectivity index (χ3v) is 4.26. The standard InChI is InChI=1S/C18H16F3N3O2S/c19-18(20,21)12-26-17-6-5-15(9-24-17)8-23-16(25)11-27-10-14-3-1-13(7-22)2-4-14/h1-6,9H,8,10-12H2,(H,23,25). The first-order valence-corrected chi connectivity index (χ1v) is 8.99. The van der Waals surface area contributed by atoms with Crippen LogP contribution >= 0.6 is 11.8 Å². The molecule has 1 heterocycles. The molecule has 142 valence electrons. The van der Waals surface area contributed by atoms with Gasteiger partial charge in [0, 0.05) is 24.6 Å². The minimum absolute atomic E-state index is 0.125. The van der Waals surface area contributed by atoms with Gasteiger partial charge in [-0.3, -0.25) is 4.79 Å². The molecule has 1 aromatic carbocycles. The molecule has 2 aromatic rings. The summed E-state index contributed by atoms with van der Waals surface area (Å²) in [4.78, 5) is 15.6. The number of amides is 1. The van der Waals surface area contributed by atoms with Gasteiger partial charge in [-0.05, 0) is 23.3 Å². The summed E-state index contributed by atoms with van der Waals surface area (Å²) in [5, 5.41) is 11.5. The second-order valence-corrected chi connectivity index (χ2v) is 6.47. The van der Waals surface area contributed by atoms with E-state index in [2.05, 4.69) is 15.0 Å². The molecule has 0 bridgehead atoms. The maximum atomic E-state index is 12.1. The lowest BCUT2D eigenvalue weighted by Crippen LogP contribution is -2.24. The Morgan fingerprint density at radius 1 is 1.19 bits per heavy atom. The van der Waals surface area contributed by atoms with Gasteiger partial charge in [0.15, 0.2) is 6.61 Å². The van der Waals surface area contributed by atoms with E-state index in [4.69, 9.17) is 5.26 Å². The number of rotatable bonds is 8. The number of halogens is 3. The fourth-order valence-corrected chi connectivity index (χ4v) is 2.76. The van der Waals surface area contributed by atoms with Gasteiger partial charge in [-0.25, -0.2) is 4.98 Å². The highest BCUT2D eigenvalue weighted by Gasteiger charge is 2.28. The first-order valence-electron chi connectivity index (χ1n) is 7.84. The van der Waals surface area contributed by atoms with Crippen molar-refractivity contribution in [3.05, 3.63) is 59.3 Å². The quantitative estimate of drug-likeness (QED) is 0.741. The number of hydrogen-bond donors (Lipinski definition) is 1. The zero-order chi connectivity index (χ0) is 19.7. The van der Waals surface area contributed by atoms with Crippen LogP contribution < -0.4 is 10.1 Å². The number of carbonyl (C=O) groups is 1. The third-order valence-electron chi connectivity index (χ3n) is 3.26. The number of thioether (sulfide) groups is 1. The van der Waals surface area contributed by atoms with Gasteiger partial charge in [-0.2, -0.15) is 18.4 Å². The SMILES string of the molecule is N#Cc1ccc(CSCC(=O)NCc2ccc(OCC(F)(F)F)nc2)cc1. The molecule has 0 aliphatic rings. The number of ether oxygens (including phenoxy) is 1. The zero-order valence-electron chi connectivity index (χ0n) is 14.1. The number of alkyl halides is 3. The van der Waals surface area contributed by atoms with E-state index in [-0.39, 0.29) is 24.1 Å². The molecule has 0 radical (unpaired) electrons. The van der Waals surface area contributed by atoms with Crippen LogP contribution in [-0.4, -0.2) is 29.4 Å². The Hall–Kier alpha value is -2.73. The predicted molar refractivity (Wildman–Crippen MR) is 95.0 cm³/mol. The fourth-order valence-electron chi connectivity index (χ4n) is 1.95. The Labute approximate surface area is 158 Å². The number of nitrogens with one attached hydrogen (secondary N) is 1. The second-order valence-electron chi connectivity index (χ2n) is 5.49. The van der Waals surface area contributed by atoms with Crippen LogP contribution in [0.4, 0.5) is 13.2 Å². The normalized spacial score (nSPS) is 10.9. The smallest absolute Gasteiger partial charge is 0.422 e. The first kappa shape index (κ1) is 20.6. The van der Waals surface area contributed by atoms with Gasteiger partial charge < -0.3 is 10.1 Å². The van der Waals surface area contributed by atoms with Crippen molar-refractivity contribution in [1.29, 1.82) is 5.26 Å². The van der Waals surface area contributed by atoms with Crippen LogP contribution in [0.1, 0.15) is 16.7 Å². The van der Waals surface area contributed by atoms with E-state index in [9.17, 15) is 18.0 Å². The minimum atomic E-state index is -4.41. The largest absolute Gasteiger partial charge is 0.468 e. The highest BCUT2D eigenvalue weighted by molar-refractivity contribution is 7.99. The van der Waals surface area contributed by atoms with E-state index in [1.54, 1.807) is 18.2 Å². The average molecular weight is 395 g/mol. The molecule has 1 amide bonds. The van der Waals surface area contributed by atoms with Gasteiger partial charge in [-0.15, -0.1) is 11.8 Å². The summed E-state index contributed by atoms with van der Waals surface area (Å²) in [7, 11) is 0. The molecule has 0 atom stereocenters. The molecule has 5 nitrogen and oxygen atoms in total. The fraction of sp³-hybridized carbons (Fsp3) is 0.278. The summed E-state index contributed by atoms with van der Waals surface area (Å²) in [6.45, 7) is -1.17. The van der Waals surface area contributed by atoms with Crippen molar-refractivity contribution in [2.24, 2.45) is 0 Å². The van der Waals surface area contributed by atoms with E-state index in [1.165, 1.54) is 24.0 Å². The lowest BCUT2D eigenvalue weighted by molar-refractivity contribution is -0.154. The third kappa shape index (κ3) is 8.00. The minimum Gasteiger partial charge on any atom is -0.468 e. The number of carbonyl (C=O) groups excluding carboxylic acids is 1. The van der Waals surface area contributed by atoms with E-state index in [0.29, 0.717) is 16.9 Å². The van der Waals surface area contributed by atoms with Crippen molar-refractivity contribution in [3.63, 3.8) is 0 Å². The summed E-state index contributed by atoms with van der Waals surface area (Å²) in [6, 6.07) is 12.1. The molecule has 0 aliphatic carbocycles. The van der Waals surface area contributed by atoms with Crippen molar-refractivity contribution < 1.29 is 22.7 Å². The molecule has 0 unspecified atom stereocenters. The summed E-state index contributed by atoms with van der Waals surface area (Å²) in [5.41, 5.74) is 2.26. The van der Waals surface area contributed by atoms with Crippen LogP contribution in [0.3, 0.4) is 0 Å². The van der Waals surface area contributed by atoms with Crippen molar-refractivity contribution >= 4 is 17.7 Å². The Kier molecular flexibility index (Phi) is 7.49. The molecule has 1 N–H and O–H groups in total. The second kappa shape index (κ2) is 9.83. The van der Waals surface area contributed by atoms with Crippen LogP contribution in [0.5, 0.6) is 5.88 Å². The zero-order valence-corrected chi connectivity index (χ0v) is 14.9. The Morgan fingerprint density at radius 2 is 1.89 bits per heavy atom. The number of benzene rings is 1. The molecule has 2 rings (SSSR count). The van der Waals surface area contributed by atoms with Crippen LogP contribution in [0.25, 0.3) is 0 Å². The molecule has 0 fully saturated rings. The molecule has 27 heavy (non-hydrogen) atoms. The van der Waals surface area contributed by atoms with Gasteiger partial charge in [0.25, 0.3) is 0 Å². The monoisotopic (exact) mass is 395 g/mol. The predicted octanol–water partition coefficient (Wildman–Crippen LogP) is 3.44. The van der Waals surface area contributed by atoms with Crippen LogP contribution in [0, 0.1) is 11.3 Å². The maximum absolute atomic E-state index is 12.1. The molecule has 0 aliphatic heterocycles. The van der Waals surface area contributed by atoms with Crippen molar-refractivity contribution in [1.82, 2.24) is 10.3 Å². The highest BCUT2D eigenvalue weighted by Crippen LogP contribution is 2.17. The van der Waals surface area contributed by atoms with E-state index >= 15 is 0 Å². The molecule has 0 spiro atoms. The Morgan fingerprint density at radius 3 is 2.48 bits per heavy atom. The van der Waals surface area contributed by atoms with Gasteiger partial charge in [-0.1, -0.05) is 18.2 Å². The Bertz CT molecular complexity index is 787. The van der Waals surface area contributed by atoms with Gasteiger partial charge in [0.1, 0.15) is 0 Å². The van der Waals surface area contributed by atoms with E-state index < -0.39 is 12.8 Å². The summed E-state index contributed by atoms with van der Waals surface area (Å²) in [6.07, 6.45) is -3.06. The summed E-state index contributed by atoms with van der Waals surface area (Å²) < 4.78 is 40.7. The van der Waals surface area contributed by atoms with Crippen LogP contribution in [0.15, 0.2) is 42.6 Å². The molecule has 0 saturated carbocycles. The molecular formula is C18H16F3N3O2S. The van der Waals surface area contributed by atoms with E-state index in [1.807, 2.05) is 18.2 Å². The topological polar surface area (TPSA) is 75.0 Å². The Balaban J connectivity index is 1.68. The van der Waals surface area contributed by atoms with Gasteiger partial charge in [0.05, 0.1) is 17.4 Å². The number of aromatic nitrogens is 1. The van der Waals surface area contributed by atoms with Crippen LogP contribution in [0.2, 0.25) is 0 Å².